The predicted molar refractivity (Wildman–Crippen MR) is 171 cm³/mol. The normalized spacial score (nSPS) is 36.6. The number of aliphatic hydroxyl groups excluding tert-OH is 1. The fourth-order valence-corrected chi connectivity index (χ4v) is 10.4. The summed E-state index contributed by atoms with van der Waals surface area (Å²) in [5, 5.41) is 16.7. The Morgan fingerprint density at radius 2 is 1.89 bits per heavy atom. The maximum absolute atomic E-state index is 14.1. The third-order valence-electron chi connectivity index (χ3n) is 11.8. The topological polar surface area (TPSA) is 108 Å². The van der Waals surface area contributed by atoms with Crippen LogP contribution in [-0.2, 0) is 30.3 Å². The van der Waals surface area contributed by atoms with Gasteiger partial charge in [-0.2, -0.15) is 5.10 Å². The summed E-state index contributed by atoms with van der Waals surface area (Å²) in [5.41, 5.74) is 2.78. The van der Waals surface area contributed by atoms with Crippen LogP contribution < -0.4 is 0 Å². The number of alkyl halides is 1. The minimum absolute atomic E-state index is 0.0892. The fraction of sp³-hybridized carbons (Fsp3) is 0.611. The van der Waals surface area contributed by atoms with E-state index >= 15 is 0 Å². The zero-order chi connectivity index (χ0) is 32.5. The molecule has 9 atom stereocenters. The summed E-state index contributed by atoms with van der Waals surface area (Å²) < 4.78 is 13.5. The van der Waals surface area contributed by atoms with Gasteiger partial charge in [0.25, 0.3) is 0 Å². The number of hydrogen-bond acceptors (Lipinski definition) is 7. The Morgan fingerprint density at radius 1 is 1.16 bits per heavy atom. The van der Waals surface area contributed by atoms with Crippen molar-refractivity contribution in [1.29, 1.82) is 0 Å². The lowest BCUT2D eigenvalue weighted by Crippen LogP contribution is -2.66. The number of ketones is 1. The van der Waals surface area contributed by atoms with Crippen LogP contribution in [0.5, 0.6) is 0 Å². The summed E-state index contributed by atoms with van der Waals surface area (Å²) in [5.74, 6) is -2.11. The van der Waals surface area contributed by atoms with Gasteiger partial charge in [-0.25, -0.2) is 4.68 Å². The van der Waals surface area contributed by atoms with Gasteiger partial charge in [0.2, 0.25) is 5.78 Å². The molecule has 242 valence electrons. The number of aromatic nitrogens is 2. The Labute approximate surface area is 270 Å². The molecule has 2 aromatic rings. The van der Waals surface area contributed by atoms with E-state index in [1.54, 1.807) is 13.8 Å². The lowest BCUT2D eigenvalue weighted by molar-refractivity contribution is -0.207. The average Bonchev–Trinajstić information content (AvgIpc) is 3.49. The summed E-state index contributed by atoms with van der Waals surface area (Å²) in [6.07, 6.45) is 5.89. The van der Waals surface area contributed by atoms with Crippen LogP contribution in [0, 0.1) is 41.4 Å². The monoisotopic (exact) mass is 636 g/mol. The highest BCUT2D eigenvalue weighted by atomic mass is 35.5. The molecule has 0 bridgehead atoms. The Kier molecular flexibility index (Phi) is 8.09. The predicted octanol–water partition coefficient (Wildman–Crippen LogP) is 6.01. The highest BCUT2D eigenvalue weighted by molar-refractivity contribution is 6.21. The van der Waals surface area contributed by atoms with E-state index in [0.29, 0.717) is 12.8 Å². The van der Waals surface area contributed by atoms with Crippen LogP contribution in [0.4, 0.5) is 0 Å². The first-order chi connectivity index (χ1) is 21.3. The quantitative estimate of drug-likeness (QED) is 0.293. The number of esters is 2. The van der Waals surface area contributed by atoms with E-state index in [-0.39, 0.29) is 53.7 Å². The summed E-state index contributed by atoms with van der Waals surface area (Å²) in [6, 6.07) is 8.28. The number of rotatable bonds is 7. The zero-order valence-electron chi connectivity index (χ0n) is 27.1. The molecule has 6 rings (SSSR count). The third-order valence-corrected chi connectivity index (χ3v) is 12.3. The third kappa shape index (κ3) is 4.72. The molecule has 3 fully saturated rings. The van der Waals surface area contributed by atoms with Gasteiger partial charge in [-0.15, -0.1) is 11.6 Å². The molecule has 45 heavy (non-hydrogen) atoms. The van der Waals surface area contributed by atoms with Crippen molar-refractivity contribution in [2.45, 2.75) is 97.1 Å². The maximum Gasteiger partial charge on any atom is 0.306 e. The van der Waals surface area contributed by atoms with E-state index in [9.17, 15) is 19.5 Å². The van der Waals surface area contributed by atoms with Gasteiger partial charge in [-0.1, -0.05) is 52.3 Å². The van der Waals surface area contributed by atoms with Crippen LogP contribution in [0.25, 0.3) is 11.8 Å². The molecule has 0 amide bonds. The molecule has 0 unspecified atom stereocenters. The molecule has 8 nitrogen and oxygen atoms in total. The first kappa shape index (κ1) is 32.0. The molecule has 0 radical (unpaired) electrons. The van der Waals surface area contributed by atoms with Crippen molar-refractivity contribution < 1.29 is 29.0 Å². The molecular formula is C36H45ClN2O6. The lowest BCUT2D eigenvalue weighted by Gasteiger charge is -2.61. The number of aliphatic hydroxyl groups is 1. The highest BCUT2D eigenvalue weighted by Crippen LogP contribution is 2.70. The van der Waals surface area contributed by atoms with Crippen molar-refractivity contribution in [2.24, 2.45) is 34.5 Å². The van der Waals surface area contributed by atoms with Crippen LogP contribution in [0.2, 0.25) is 0 Å². The van der Waals surface area contributed by atoms with Gasteiger partial charge in [0.15, 0.2) is 12.2 Å². The second kappa shape index (κ2) is 11.4. The Balaban J connectivity index is 1.39. The number of nitrogens with zero attached hydrogens (tertiary/aromatic N) is 2. The van der Waals surface area contributed by atoms with Crippen molar-refractivity contribution in [3.05, 3.63) is 52.9 Å². The maximum atomic E-state index is 14.1. The molecule has 0 spiro atoms. The van der Waals surface area contributed by atoms with Crippen molar-refractivity contribution in [1.82, 2.24) is 9.78 Å². The molecule has 1 N–H and O–H groups in total. The number of benzene rings is 1. The SMILES string of the molecule is CCC(=O)OCC(=O)[C@@]1(OC(=O)CC)[C@H](C)C[C@H]2[C@H]3[C@H]([C@@H](O)C[C@@]21C)[C@@]1(C)Cc2cnn(-c4cccc(C)c4)c2C=C1C[C@H]3Cl. The van der Waals surface area contributed by atoms with Crippen molar-refractivity contribution in [3.8, 4) is 5.69 Å². The number of Topliss-reactive ketones (excluding diaryl/α,β-unsaturated/α-hetero) is 1. The van der Waals surface area contributed by atoms with Gasteiger partial charge >= 0.3 is 11.9 Å². The number of carbonyl (C=O) groups is 3. The molecule has 1 aromatic heterocycles. The molecule has 3 saturated carbocycles. The minimum atomic E-state index is -1.53. The number of aryl methyl sites for hydroxylation is 1. The van der Waals surface area contributed by atoms with Gasteiger partial charge in [0.05, 0.1) is 23.7 Å². The standard InChI is InChI=1S/C36H45ClN2O6/c1-7-30(42)44-19-29(41)36(45-31(43)8-2)21(4)13-25-32-26(37)14-23-15-27-22(18-38-39(27)24-11-9-10-20(3)12-24)16-34(23,5)33(32)28(40)17-35(25,36)6/h9-12,15,18,21,25-26,28,32-33,40H,7-8,13-14,16-17,19H2,1-6H3/t21-,25+,26-,28+,32-,33+,34+,35+,36+/m1/s1. The first-order valence-corrected chi connectivity index (χ1v) is 16.8. The van der Waals surface area contributed by atoms with Crippen LogP contribution in [-0.4, -0.2) is 56.3 Å². The van der Waals surface area contributed by atoms with E-state index in [0.717, 1.165) is 28.9 Å². The smallest absolute Gasteiger partial charge is 0.306 e. The van der Waals surface area contributed by atoms with E-state index in [2.05, 4.69) is 38.1 Å². The van der Waals surface area contributed by atoms with Crippen LogP contribution in [0.3, 0.4) is 0 Å². The number of halogens is 1. The van der Waals surface area contributed by atoms with Gasteiger partial charge in [0, 0.05) is 29.6 Å². The van der Waals surface area contributed by atoms with Crippen LogP contribution in [0.1, 0.15) is 83.5 Å². The fourth-order valence-electron chi connectivity index (χ4n) is 9.86. The Hall–Kier alpha value is -2.97. The molecule has 9 heteroatoms. The zero-order valence-corrected chi connectivity index (χ0v) is 27.9. The molecule has 4 aliphatic carbocycles. The minimum Gasteiger partial charge on any atom is -0.457 e. The number of allylic oxidation sites excluding steroid dienone is 1. The number of ether oxygens (including phenoxy) is 2. The summed E-state index contributed by atoms with van der Waals surface area (Å²) >= 11 is 7.38. The lowest BCUT2D eigenvalue weighted by atomic mass is 9.45. The number of carbonyl (C=O) groups excluding carboxylic acids is 3. The van der Waals surface area contributed by atoms with Crippen molar-refractivity contribution in [3.63, 3.8) is 0 Å². The first-order valence-electron chi connectivity index (χ1n) is 16.4. The number of hydrogen-bond donors (Lipinski definition) is 1. The second-order valence-electron chi connectivity index (χ2n) is 14.3. The summed E-state index contributed by atoms with van der Waals surface area (Å²) in [7, 11) is 0. The van der Waals surface area contributed by atoms with Gasteiger partial charge < -0.3 is 14.6 Å². The van der Waals surface area contributed by atoms with Crippen LogP contribution in [0.15, 0.2) is 36.0 Å². The Bertz CT molecular complexity index is 1570. The molecule has 0 saturated heterocycles. The van der Waals surface area contributed by atoms with E-state index in [1.165, 1.54) is 5.57 Å². The second-order valence-corrected chi connectivity index (χ2v) is 14.9. The molecule has 1 heterocycles. The van der Waals surface area contributed by atoms with Gasteiger partial charge in [-0.3, -0.25) is 14.4 Å². The van der Waals surface area contributed by atoms with Crippen LogP contribution >= 0.6 is 11.6 Å². The summed E-state index contributed by atoms with van der Waals surface area (Å²) in [6.45, 7) is 11.1. The molecule has 4 aliphatic rings. The largest absolute Gasteiger partial charge is 0.457 e. The number of fused-ring (bicyclic) bond motifs is 6. The van der Waals surface area contributed by atoms with Crippen molar-refractivity contribution in [2.75, 3.05) is 6.61 Å². The van der Waals surface area contributed by atoms with E-state index < -0.39 is 41.4 Å². The van der Waals surface area contributed by atoms with E-state index in [4.69, 9.17) is 26.2 Å². The summed E-state index contributed by atoms with van der Waals surface area (Å²) in [4.78, 5) is 39.1. The highest BCUT2D eigenvalue weighted by Gasteiger charge is 2.74. The Morgan fingerprint density at radius 3 is 2.58 bits per heavy atom. The average molecular weight is 637 g/mol. The molecular weight excluding hydrogens is 592 g/mol. The van der Waals surface area contributed by atoms with E-state index in [1.807, 2.05) is 30.8 Å². The van der Waals surface area contributed by atoms with Gasteiger partial charge in [0.1, 0.15) is 0 Å². The van der Waals surface area contributed by atoms with Crippen molar-refractivity contribution >= 4 is 35.4 Å². The van der Waals surface area contributed by atoms with Gasteiger partial charge in [-0.05, 0) is 85.1 Å². The molecule has 0 aliphatic heterocycles. The molecule has 1 aromatic carbocycles.